The van der Waals surface area contributed by atoms with Crippen molar-refractivity contribution in [2.45, 2.75) is 45.8 Å². The van der Waals surface area contributed by atoms with E-state index < -0.39 is 0 Å². The highest BCUT2D eigenvalue weighted by atomic mass is 32.2. The first-order valence-corrected chi connectivity index (χ1v) is 8.78. The van der Waals surface area contributed by atoms with Gasteiger partial charge in [0.15, 0.2) is 5.16 Å². The van der Waals surface area contributed by atoms with Crippen molar-refractivity contribution in [3.05, 3.63) is 35.7 Å². The molecule has 23 heavy (non-hydrogen) atoms. The number of amides is 1. The van der Waals surface area contributed by atoms with Crippen LogP contribution in [0.5, 0.6) is 0 Å². The van der Waals surface area contributed by atoms with Gasteiger partial charge in [0.1, 0.15) is 5.82 Å². The second-order valence-corrected chi connectivity index (χ2v) is 7.04. The topological polar surface area (TPSA) is 59.8 Å². The first-order chi connectivity index (χ1) is 10.9. The van der Waals surface area contributed by atoms with Crippen molar-refractivity contribution in [3.63, 3.8) is 0 Å². The third-order valence-electron chi connectivity index (χ3n) is 3.78. The highest BCUT2D eigenvalue weighted by Crippen LogP contribution is 2.22. The molecule has 1 aromatic heterocycles. The molecule has 6 heteroatoms. The third kappa shape index (κ3) is 4.58. The minimum absolute atomic E-state index is 0.0210. The van der Waals surface area contributed by atoms with Gasteiger partial charge in [-0.3, -0.25) is 9.36 Å². The zero-order chi connectivity index (χ0) is 17.0. The average Bonchev–Trinajstić information content (AvgIpc) is 2.86. The van der Waals surface area contributed by atoms with E-state index in [4.69, 9.17) is 0 Å². The molecule has 5 nitrogen and oxygen atoms in total. The molecule has 1 heterocycles. The molecular formula is C17H24N4OS. The Kier molecular flexibility index (Phi) is 5.82. The Morgan fingerprint density at radius 2 is 2.00 bits per heavy atom. The van der Waals surface area contributed by atoms with Gasteiger partial charge in [-0.2, -0.15) is 0 Å². The molecule has 0 spiro atoms. The molecule has 2 aromatic rings. The van der Waals surface area contributed by atoms with E-state index in [0.717, 1.165) is 16.7 Å². The number of nitrogens with zero attached hydrogens (tertiary/aromatic N) is 3. The minimum atomic E-state index is 0.0210. The number of rotatable bonds is 6. The van der Waals surface area contributed by atoms with Crippen LogP contribution in [-0.2, 0) is 4.79 Å². The van der Waals surface area contributed by atoms with Gasteiger partial charge in [0.2, 0.25) is 5.91 Å². The Balaban J connectivity index is 2.09. The predicted molar refractivity (Wildman–Crippen MR) is 94.0 cm³/mol. The van der Waals surface area contributed by atoms with E-state index in [0.29, 0.717) is 11.7 Å². The second kappa shape index (κ2) is 7.64. The maximum absolute atomic E-state index is 12.1. The maximum Gasteiger partial charge on any atom is 0.230 e. The molecule has 1 aromatic carbocycles. The van der Waals surface area contributed by atoms with Crippen molar-refractivity contribution >= 4 is 17.7 Å². The number of thioether (sulfide) groups is 1. The van der Waals surface area contributed by atoms with Gasteiger partial charge in [0, 0.05) is 11.7 Å². The number of aromatic nitrogens is 3. The fraction of sp³-hybridized carbons (Fsp3) is 0.471. The molecule has 0 unspecified atom stereocenters. The summed E-state index contributed by atoms with van der Waals surface area (Å²) < 4.78 is 1.98. The second-order valence-electron chi connectivity index (χ2n) is 6.09. The summed E-state index contributed by atoms with van der Waals surface area (Å²) in [6.45, 7) is 10.2. The summed E-state index contributed by atoms with van der Waals surface area (Å²) in [5, 5.41) is 12.1. The Bertz CT molecular complexity index is 681. The molecule has 0 aliphatic heterocycles. The summed E-state index contributed by atoms with van der Waals surface area (Å²) in [5.74, 6) is 1.59. The molecule has 0 saturated carbocycles. The number of carbonyl (C=O) groups is 1. The van der Waals surface area contributed by atoms with Gasteiger partial charge in [0.05, 0.1) is 5.75 Å². The molecule has 0 bridgehead atoms. The Labute approximate surface area is 141 Å². The molecule has 124 valence electrons. The van der Waals surface area contributed by atoms with Crippen LogP contribution in [0.25, 0.3) is 5.69 Å². The summed E-state index contributed by atoms with van der Waals surface area (Å²) in [5.41, 5.74) is 2.20. The number of aryl methyl sites for hydroxylation is 2. The standard InChI is InChI=1S/C17H24N4OS/c1-11(2)13(4)18-16(22)10-23-17-20-19-14(5)21(17)15-8-6-7-12(3)9-15/h6-9,11,13H,10H2,1-5H3,(H,18,22)/t13-/m1/s1. The Morgan fingerprint density at radius 1 is 1.26 bits per heavy atom. The summed E-state index contributed by atoms with van der Waals surface area (Å²) in [6.07, 6.45) is 0. The normalized spacial score (nSPS) is 12.4. The van der Waals surface area contributed by atoms with E-state index in [2.05, 4.69) is 48.4 Å². The van der Waals surface area contributed by atoms with Crippen LogP contribution in [0.2, 0.25) is 0 Å². The van der Waals surface area contributed by atoms with Crippen LogP contribution in [0.4, 0.5) is 0 Å². The van der Waals surface area contributed by atoms with Crippen molar-refractivity contribution in [3.8, 4) is 5.69 Å². The van der Waals surface area contributed by atoms with Crippen LogP contribution < -0.4 is 5.32 Å². The van der Waals surface area contributed by atoms with E-state index >= 15 is 0 Å². The van der Waals surface area contributed by atoms with E-state index in [1.165, 1.54) is 17.3 Å². The molecule has 0 saturated heterocycles. The van der Waals surface area contributed by atoms with Crippen molar-refractivity contribution in [1.29, 1.82) is 0 Å². The third-order valence-corrected chi connectivity index (χ3v) is 4.70. The first kappa shape index (κ1) is 17.5. The summed E-state index contributed by atoms with van der Waals surface area (Å²) in [4.78, 5) is 12.1. The molecular weight excluding hydrogens is 308 g/mol. The zero-order valence-electron chi connectivity index (χ0n) is 14.3. The lowest BCUT2D eigenvalue weighted by atomic mass is 10.1. The lowest BCUT2D eigenvalue weighted by molar-refractivity contribution is -0.119. The van der Waals surface area contributed by atoms with Crippen LogP contribution in [0.3, 0.4) is 0 Å². The van der Waals surface area contributed by atoms with E-state index in [1.54, 1.807) is 0 Å². The van der Waals surface area contributed by atoms with Crippen molar-refractivity contribution in [2.24, 2.45) is 5.92 Å². The molecule has 0 radical (unpaired) electrons. The molecule has 1 N–H and O–H groups in total. The van der Waals surface area contributed by atoms with Crippen molar-refractivity contribution < 1.29 is 4.79 Å². The molecule has 2 rings (SSSR count). The molecule has 0 aliphatic carbocycles. The minimum Gasteiger partial charge on any atom is -0.353 e. The Hall–Kier alpha value is -1.82. The Morgan fingerprint density at radius 3 is 2.65 bits per heavy atom. The van der Waals surface area contributed by atoms with Gasteiger partial charge in [-0.1, -0.05) is 37.7 Å². The van der Waals surface area contributed by atoms with Gasteiger partial charge in [-0.25, -0.2) is 0 Å². The summed E-state index contributed by atoms with van der Waals surface area (Å²) in [6, 6.07) is 8.33. The van der Waals surface area contributed by atoms with Crippen molar-refractivity contribution in [2.75, 3.05) is 5.75 Å². The van der Waals surface area contributed by atoms with Crippen LogP contribution >= 0.6 is 11.8 Å². The number of nitrogens with one attached hydrogen (secondary N) is 1. The number of benzene rings is 1. The van der Waals surface area contributed by atoms with Crippen LogP contribution in [-0.4, -0.2) is 32.5 Å². The zero-order valence-corrected chi connectivity index (χ0v) is 15.1. The monoisotopic (exact) mass is 332 g/mol. The molecule has 0 fully saturated rings. The molecule has 0 aliphatic rings. The number of hydrogen-bond donors (Lipinski definition) is 1. The fourth-order valence-electron chi connectivity index (χ4n) is 2.09. The smallest absolute Gasteiger partial charge is 0.230 e. The fourth-order valence-corrected chi connectivity index (χ4v) is 2.90. The largest absolute Gasteiger partial charge is 0.353 e. The SMILES string of the molecule is Cc1cccc(-n2c(C)nnc2SCC(=O)N[C@H](C)C(C)C)c1. The highest BCUT2D eigenvalue weighted by Gasteiger charge is 2.15. The van der Waals surface area contributed by atoms with Crippen LogP contribution in [0, 0.1) is 19.8 Å². The lowest BCUT2D eigenvalue weighted by Gasteiger charge is -2.17. The van der Waals surface area contributed by atoms with Gasteiger partial charge in [-0.05, 0) is 44.4 Å². The van der Waals surface area contributed by atoms with Gasteiger partial charge >= 0.3 is 0 Å². The van der Waals surface area contributed by atoms with E-state index in [1.807, 2.05) is 30.5 Å². The van der Waals surface area contributed by atoms with Gasteiger partial charge < -0.3 is 5.32 Å². The molecule has 1 amide bonds. The van der Waals surface area contributed by atoms with E-state index in [9.17, 15) is 4.79 Å². The summed E-state index contributed by atoms with van der Waals surface area (Å²) in [7, 11) is 0. The van der Waals surface area contributed by atoms with Crippen LogP contribution in [0.15, 0.2) is 29.4 Å². The maximum atomic E-state index is 12.1. The van der Waals surface area contributed by atoms with Crippen molar-refractivity contribution in [1.82, 2.24) is 20.1 Å². The lowest BCUT2D eigenvalue weighted by Crippen LogP contribution is -2.37. The summed E-state index contributed by atoms with van der Waals surface area (Å²) >= 11 is 1.41. The predicted octanol–water partition coefficient (Wildman–Crippen LogP) is 3.14. The van der Waals surface area contributed by atoms with Crippen LogP contribution in [0.1, 0.15) is 32.2 Å². The quantitative estimate of drug-likeness (QED) is 0.826. The van der Waals surface area contributed by atoms with Gasteiger partial charge in [-0.15, -0.1) is 10.2 Å². The van der Waals surface area contributed by atoms with Gasteiger partial charge in [0.25, 0.3) is 0 Å². The highest BCUT2D eigenvalue weighted by molar-refractivity contribution is 7.99. The van der Waals surface area contributed by atoms with E-state index in [-0.39, 0.29) is 11.9 Å². The first-order valence-electron chi connectivity index (χ1n) is 7.79. The average molecular weight is 332 g/mol. The number of hydrogen-bond acceptors (Lipinski definition) is 4. The number of carbonyl (C=O) groups excluding carboxylic acids is 1. The molecule has 1 atom stereocenters.